The molecule has 1 unspecified atom stereocenters. The lowest BCUT2D eigenvalue weighted by Crippen LogP contribution is -2.27. The van der Waals surface area contributed by atoms with Crippen LogP contribution in [0.5, 0.6) is 6.01 Å². The Bertz CT molecular complexity index is 412. The van der Waals surface area contributed by atoms with Gasteiger partial charge in [-0.3, -0.25) is 0 Å². The SMILES string of the molecule is CCCOc1nc(N)nc(N2CCCC(C)CC2)n1. The van der Waals surface area contributed by atoms with Crippen LogP contribution in [-0.4, -0.2) is 34.6 Å². The molecule has 1 aliphatic rings. The Morgan fingerprint density at radius 2 is 2.11 bits per heavy atom. The third-order valence-corrected chi connectivity index (χ3v) is 3.36. The zero-order valence-corrected chi connectivity index (χ0v) is 11.8. The van der Waals surface area contributed by atoms with E-state index in [-0.39, 0.29) is 5.95 Å². The van der Waals surface area contributed by atoms with E-state index in [2.05, 4.69) is 26.8 Å². The van der Waals surface area contributed by atoms with Gasteiger partial charge in [-0.2, -0.15) is 15.0 Å². The van der Waals surface area contributed by atoms with E-state index in [9.17, 15) is 0 Å². The van der Waals surface area contributed by atoms with Crippen LogP contribution in [0.4, 0.5) is 11.9 Å². The molecule has 0 amide bonds. The summed E-state index contributed by atoms with van der Waals surface area (Å²) in [4.78, 5) is 14.8. The second-order valence-corrected chi connectivity index (χ2v) is 5.15. The lowest BCUT2D eigenvalue weighted by molar-refractivity contribution is 0.292. The predicted molar refractivity (Wildman–Crippen MR) is 75.3 cm³/mol. The molecule has 1 aromatic heterocycles. The molecule has 0 radical (unpaired) electrons. The number of hydrogen-bond acceptors (Lipinski definition) is 6. The summed E-state index contributed by atoms with van der Waals surface area (Å²) in [5.74, 6) is 1.64. The van der Waals surface area contributed by atoms with Crippen molar-refractivity contribution in [1.29, 1.82) is 0 Å². The molecule has 1 saturated heterocycles. The minimum Gasteiger partial charge on any atom is -0.463 e. The van der Waals surface area contributed by atoms with E-state index in [1.807, 2.05) is 6.92 Å². The van der Waals surface area contributed by atoms with Gasteiger partial charge in [0.15, 0.2) is 0 Å². The fourth-order valence-electron chi connectivity index (χ4n) is 2.22. The number of aromatic nitrogens is 3. The Hall–Kier alpha value is -1.59. The van der Waals surface area contributed by atoms with Gasteiger partial charge < -0.3 is 15.4 Å². The van der Waals surface area contributed by atoms with Gasteiger partial charge in [-0.25, -0.2) is 0 Å². The first kappa shape index (κ1) is 13.8. The minimum absolute atomic E-state index is 0.230. The smallest absolute Gasteiger partial charge is 0.323 e. The van der Waals surface area contributed by atoms with Crippen molar-refractivity contribution >= 4 is 11.9 Å². The van der Waals surface area contributed by atoms with Gasteiger partial charge in [-0.1, -0.05) is 13.8 Å². The average molecular weight is 265 g/mol. The molecule has 0 bridgehead atoms. The first-order chi connectivity index (χ1) is 9.19. The molecular weight excluding hydrogens is 242 g/mol. The highest BCUT2D eigenvalue weighted by Gasteiger charge is 2.17. The Morgan fingerprint density at radius 3 is 2.89 bits per heavy atom. The van der Waals surface area contributed by atoms with Crippen molar-refractivity contribution in [1.82, 2.24) is 15.0 Å². The zero-order valence-electron chi connectivity index (χ0n) is 11.8. The fourth-order valence-corrected chi connectivity index (χ4v) is 2.22. The van der Waals surface area contributed by atoms with Crippen molar-refractivity contribution in [3.05, 3.63) is 0 Å². The van der Waals surface area contributed by atoms with Crippen LogP contribution in [0.3, 0.4) is 0 Å². The Balaban J connectivity index is 2.11. The summed E-state index contributed by atoms with van der Waals surface area (Å²) < 4.78 is 5.45. The van der Waals surface area contributed by atoms with Gasteiger partial charge in [0.2, 0.25) is 11.9 Å². The maximum atomic E-state index is 5.74. The average Bonchev–Trinajstić information content (AvgIpc) is 2.60. The highest BCUT2D eigenvalue weighted by Crippen LogP contribution is 2.21. The quantitative estimate of drug-likeness (QED) is 0.895. The van der Waals surface area contributed by atoms with E-state index >= 15 is 0 Å². The number of anilines is 2. The molecule has 0 aromatic carbocycles. The molecule has 1 atom stereocenters. The van der Waals surface area contributed by atoms with Gasteiger partial charge in [0.1, 0.15) is 0 Å². The summed E-state index contributed by atoms with van der Waals surface area (Å²) in [5, 5.41) is 0. The summed E-state index contributed by atoms with van der Waals surface area (Å²) in [6.45, 7) is 6.88. The Kier molecular flexibility index (Phi) is 4.76. The molecule has 6 nitrogen and oxygen atoms in total. The van der Waals surface area contributed by atoms with Crippen molar-refractivity contribution in [3.8, 4) is 6.01 Å². The zero-order chi connectivity index (χ0) is 13.7. The first-order valence-corrected chi connectivity index (χ1v) is 7.08. The summed E-state index contributed by atoms with van der Waals surface area (Å²) in [5.41, 5.74) is 5.74. The second kappa shape index (κ2) is 6.54. The van der Waals surface area contributed by atoms with Crippen LogP contribution in [-0.2, 0) is 0 Å². The normalized spacial score (nSPS) is 20.1. The summed E-state index contributed by atoms with van der Waals surface area (Å²) >= 11 is 0. The molecule has 19 heavy (non-hydrogen) atoms. The third kappa shape index (κ3) is 3.94. The summed E-state index contributed by atoms with van der Waals surface area (Å²) in [6, 6.07) is 0.335. The van der Waals surface area contributed by atoms with E-state index < -0.39 is 0 Å². The van der Waals surface area contributed by atoms with Crippen LogP contribution in [0.25, 0.3) is 0 Å². The minimum atomic E-state index is 0.230. The number of nitrogens with two attached hydrogens (primary N) is 1. The maximum absolute atomic E-state index is 5.74. The van der Waals surface area contributed by atoms with Crippen molar-refractivity contribution in [2.24, 2.45) is 5.92 Å². The fraction of sp³-hybridized carbons (Fsp3) is 0.769. The molecular formula is C13H23N5O. The molecule has 6 heteroatoms. The van der Waals surface area contributed by atoms with Crippen LogP contribution in [0.1, 0.15) is 39.5 Å². The van der Waals surface area contributed by atoms with Gasteiger partial charge in [0, 0.05) is 13.1 Å². The van der Waals surface area contributed by atoms with Crippen molar-refractivity contribution in [2.45, 2.75) is 39.5 Å². The van der Waals surface area contributed by atoms with Crippen LogP contribution in [0.15, 0.2) is 0 Å². The topological polar surface area (TPSA) is 77.2 Å². The predicted octanol–water partition coefficient (Wildman–Crippen LogP) is 1.87. The Morgan fingerprint density at radius 1 is 1.26 bits per heavy atom. The van der Waals surface area contributed by atoms with Crippen LogP contribution in [0, 0.1) is 5.92 Å². The van der Waals surface area contributed by atoms with E-state index in [0.29, 0.717) is 18.6 Å². The summed E-state index contributed by atoms with van der Waals surface area (Å²) in [6.07, 6.45) is 4.51. The third-order valence-electron chi connectivity index (χ3n) is 3.36. The van der Waals surface area contributed by atoms with Crippen LogP contribution >= 0.6 is 0 Å². The van der Waals surface area contributed by atoms with Crippen molar-refractivity contribution in [3.63, 3.8) is 0 Å². The second-order valence-electron chi connectivity index (χ2n) is 5.15. The maximum Gasteiger partial charge on any atom is 0.323 e. The molecule has 0 saturated carbocycles. The van der Waals surface area contributed by atoms with Gasteiger partial charge >= 0.3 is 6.01 Å². The first-order valence-electron chi connectivity index (χ1n) is 7.08. The molecule has 1 fully saturated rings. The highest BCUT2D eigenvalue weighted by molar-refractivity contribution is 5.36. The van der Waals surface area contributed by atoms with E-state index in [0.717, 1.165) is 38.3 Å². The number of nitrogen functional groups attached to an aromatic ring is 1. The lowest BCUT2D eigenvalue weighted by Gasteiger charge is -2.20. The number of nitrogens with zero attached hydrogens (tertiary/aromatic N) is 4. The van der Waals surface area contributed by atoms with Crippen LogP contribution < -0.4 is 15.4 Å². The molecule has 2 N–H and O–H groups in total. The highest BCUT2D eigenvalue weighted by atomic mass is 16.5. The molecule has 0 aliphatic carbocycles. The van der Waals surface area contributed by atoms with E-state index in [1.54, 1.807) is 0 Å². The van der Waals surface area contributed by atoms with Crippen molar-refractivity contribution in [2.75, 3.05) is 30.3 Å². The molecule has 2 heterocycles. The van der Waals surface area contributed by atoms with Crippen molar-refractivity contribution < 1.29 is 4.74 Å². The number of ether oxygens (including phenoxy) is 1. The van der Waals surface area contributed by atoms with E-state index in [4.69, 9.17) is 10.5 Å². The molecule has 2 rings (SSSR count). The molecule has 0 spiro atoms. The summed E-state index contributed by atoms with van der Waals surface area (Å²) in [7, 11) is 0. The Labute approximate surface area is 114 Å². The molecule has 1 aromatic rings. The molecule has 1 aliphatic heterocycles. The largest absolute Gasteiger partial charge is 0.463 e. The van der Waals surface area contributed by atoms with Gasteiger partial charge in [0.25, 0.3) is 0 Å². The number of hydrogen-bond donors (Lipinski definition) is 1. The van der Waals surface area contributed by atoms with Gasteiger partial charge in [0.05, 0.1) is 6.61 Å². The number of rotatable bonds is 4. The monoisotopic (exact) mass is 265 g/mol. The van der Waals surface area contributed by atoms with Gasteiger partial charge in [-0.15, -0.1) is 0 Å². The van der Waals surface area contributed by atoms with Crippen LogP contribution in [0.2, 0.25) is 0 Å². The lowest BCUT2D eigenvalue weighted by atomic mass is 10.0. The van der Waals surface area contributed by atoms with E-state index in [1.165, 1.54) is 6.42 Å². The van der Waals surface area contributed by atoms with Gasteiger partial charge in [-0.05, 0) is 31.6 Å². The molecule has 106 valence electrons. The standard InChI is InChI=1S/C13H23N5O/c1-3-9-19-13-16-11(14)15-12(17-13)18-7-4-5-10(2)6-8-18/h10H,3-9H2,1-2H3,(H2,14,15,16,17).